The highest BCUT2D eigenvalue weighted by Crippen LogP contribution is 2.18. The number of aryl methyl sites for hydroxylation is 3. The first-order valence-corrected chi connectivity index (χ1v) is 9.78. The molecule has 3 rings (SSSR count). The van der Waals surface area contributed by atoms with Crippen molar-refractivity contribution in [1.29, 1.82) is 0 Å². The fourth-order valence-electron chi connectivity index (χ4n) is 3.81. The molecule has 0 unspecified atom stereocenters. The average Bonchev–Trinajstić information content (AvgIpc) is 2.63. The van der Waals surface area contributed by atoms with Crippen molar-refractivity contribution in [3.05, 3.63) is 70.3 Å². The van der Waals surface area contributed by atoms with Crippen molar-refractivity contribution in [2.75, 3.05) is 19.6 Å². The smallest absolute Gasteiger partial charge is 0.00156 e. The fourth-order valence-corrected chi connectivity index (χ4v) is 3.81. The van der Waals surface area contributed by atoms with Gasteiger partial charge in [-0.25, -0.2) is 0 Å². The quantitative estimate of drug-likeness (QED) is 0.596. The lowest BCUT2D eigenvalue weighted by atomic mass is 10.0. The zero-order valence-electron chi connectivity index (χ0n) is 15.8. The molecule has 0 saturated carbocycles. The van der Waals surface area contributed by atoms with Crippen molar-refractivity contribution in [3.8, 4) is 0 Å². The number of rotatable bonds is 6. The van der Waals surface area contributed by atoms with E-state index in [-0.39, 0.29) is 0 Å². The van der Waals surface area contributed by atoms with E-state index in [1.54, 1.807) is 0 Å². The molecule has 1 heteroatoms. The van der Waals surface area contributed by atoms with Crippen LogP contribution in [0.1, 0.15) is 53.5 Å². The third-order valence-electron chi connectivity index (χ3n) is 5.32. The molecule has 132 valence electrons. The van der Waals surface area contributed by atoms with Crippen LogP contribution < -0.4 is 0 Å². The summed E-state index contributed by atoms with van der Waals surface area (Å²) in [7, 11) is 0. The van der Waals surface area contributed by atoms with E-state index in [1.807, 2.05) is 0 Å². The Morgan fingerprint density at radius 3 is 2.36 bits per heavy atom. The van der Waals surface area contributed by atoms with E-state index in [4.69, 9.17) is 0 Å². The Bertz CT molecular complexity index is 688. The summed E-state index contributed by atoms with van der Waals surface area (Å²) < 4.78 is 0. The molecule has 1 aliphatic heterocycles. The van der Waals surface area contributed by atoms with E-state index >= 15 is 0 Å². The summed E-state index contributed by atoms with van der Waals surface area (Å²) in [6.45, 7) is 8.23. The van der Waals surface area contributed by atoms with E-state index in [0.29, 0.717) is 0 Å². The Labute approximate surface area is 153 Å². The topological polar surface area (TPSA) is 3.24 Å². The van der Waals surface area contributed by atoms with Crippen molar-refractivity contribution >= 4 is 12.2 Å². The zero-order valence-corrected chi connectivity index (χ0v) is 15.8. The molecule has 1 saturated heterocycles. The summed E-state index contributed by atoms with van der Waals surface area (Å²) in [4.78, 5) is 2.63. The molecule has 2 aromatic carbocycles. The van der Waals surface area contributed by atoms with Gasteiger partial charge in [0.15, 0.2) is 0 Å². The van der Waals surface area contributed by atoms with Gasteiger partial charge in [0.05, 0.1) is 0 Å². The average molecular weight is 334 g/mol. The van der Waals surface area contributed by atoms with Crippen LogP contribution in [0, 0.1) is 13.8 Å². The highest BCUT2D eigenvalue weighted by Gasteiger charge is 2.09. The van der Waals surface area contributed by atoms with Gasteiger partial charge in [0.25, 0.3) is 0 Å². The van der Waals surface area contributed by atoms with Gasteiger partial charge in [0, 0.05) is 0 Å². The van der Waals surface area contributed by atoms with Crippen LogP contribution in [0.4, 0.5) is 0 Å². The molecule has 0 spiro atoms. The molecular weight excluding hydrogens is 302 g/mol. The van der Waals surface area contributed by atoms with Crippen LogP contribution in [0.2, 0.25) is 0 Å². The summed E-state index contributed by atoms with van der Waals surface area (Å²) in [5.74, 6) is 0. The van der Waals surface area contributed by atoms with Gasteiger partial charge in [-0.3, -0.25) is 0 Å². The van der Waals surface area contributed by atoms with Crippen molar-refractivity contribution in [1.82, 2.24) is 4.90 Å². The van der Waals surface area contributed by atoms with Gasteiger partial charge in [-0.15, -0.1) is 0 Å². The van der Waals surface area contributed by atoms with Gasteiger partial charge in [-0.2, -0.15) is 0 Å². The Hall–Kier alpha value is -1.86. The van der Waals surface area contributed by atoms with E-state index in [1.165, 1.54) is 79.6 Å². The second-order valence-electron chi connectivity index (χ2n) is 7.39. The molecule has 0 bridgehead atoms. The van der Waals surface area contributed by atoms with Crippen LogP contribution in [0.15, 0.2) is 42.5 Å². The third-order valence-corrected chi connectivity index (χ3v) is 5.32. The Kier molecular flexibility index (Phi) is 6.47. The number of hydrogen-bond acceptors (Lipinski definition) is 1. The summed E-state index contributed by atoms with van der Waals surface area (Å²) in [5, 5.41) is 0. The summed E-state index contributed by atoms with van der Waals surface area (Å²) in [5.41, 5.74) is 6.79. The van der Waals surface area contributed by atoms with E-state index < -0.39 is 0 Å². The van der Waals surface area contributed by atoms with Crippen molar-refractivity contribution in [2.45, 2.75) is 46.0 Å². The molecule has 2 aromatic rings. The lowest BCUT2D eigenvalue weighted by molar-refractivity contribution is 0.226. The van der Waals surface area contributed by atoms with Crippen LogP contribution in [-0.2, 0) is 6.42 Å². The lowest BCUT2D eigenvalue weighted by Gasteiger charge is -2.26. The van der Waals surface area contributed by atoms with Crippen LogP contribution in [0.25, 0.3) is 12.2 Å². The highest BCUT2D eigenvalue weighted by molar-refractivity contribution is 5.72. The Balaban J connectivity index is 1.58. The molecule has 25 heavy (non-hydrogen) atoms. The first-order valence-electron chi connectivity index (χ1n) is 9.78. The number of benzene rings is 2. The van der Waals surface area contributed by atoms with Crippen LogP contribution in [-0.4, -0.2) is 24.5 Å². The van der Waals surface area contributed by atoms with Crippen LogP contribution in [0.5, 0.6) is 0 Å². The molecule has 0 N–H and O–H groups in total. The summed E-state index contributed by atoms with van der Waals surface area (Å²) in [6, 6.07) is 15.5. The first kappa shape index (κ1) is 17.9. The largest absolute Gasteiger partial charge is 0.303 e. The first-order chi connectivity index (χ1) is 12.2. The van der Waals surface area contributed by atoms with Gasteiger partial charge >= 0.3 is 0 Å². The maximum atomic E-state index is 2.63. The second-order valence-corrected chi connectivity index (χ2v) is 7.39. The molecule has 0 aliphatic carbocycles. The van der Waals surface area contributed by atoms with E-state index in [9.17, 15) is 0 Å². The van der Waals surface area contributed by atoms with Crippen molar-refractivity contribution in [3.63, 3.8) is 0 Å². The number of piperidine rings is 1. The summed E-state index contributed by atoms with van der Waals surface area (Å²) >= 11 is 0. The van der Waals surface area contributed by atoms with Crippen LogP contribution >= 0.6 is 0 Å². The molecule has 0 atom stereocenters. The Morgan fingerprint density at radius 2 is 1.60 bits per heavy atom. The number of hydrogen-bond donors (Lipinski definition) is 0. The summed E-state index contributed by atoms with van der Waals surface area (Å²) in [6.07, 6.45) is 11.2. The minimum Gasteiger partial charge on any atom is -0.303 e. The van der Waals surface area contributed by atoms with Crippen molar-refractivity contribution in [2.24, 2.45) is 0 Å². The second kappa shape index (κ2) is 9.01. The van der Waals surface area contributed by atoms with Crippen molar-refractivity contribution < 1.29 is 0 Å². The van der Waals surface area contributed by atoms with Gasteiger partial charge in [-0.1, -0.05) is 61.0 Å². The molecule has 1 heterocycles. The minimum atomic E-state index is 1.18. The molecule has 0 aromatic heterocycles. The predicted molar refractivity (Wildman–Crippen MR) is 110 cm³/mol. The molecule has 0 radical (unpaired) electrons. The highest BCUT2D eigenvalue weighted by atomic mass is 15.1. The standard InChI is InChI=1S/C24H31N/c1-20-9-6-10-21(2)24(20)15-14-23-12-7-11-22(19-23)13-8-18-25-16-4-3-5-17-25/h6-7,9-12,14-15,19H,3-5,8,13,16-18H2,1-2H3. The molecule has 1 nitrogen and oxygen atoms in total. The maximum absolute atomic E-state index is 2.63. The number of likely N-dealkylation sites (tertiary alicyclic amines) is 1. The molecular formula is C24H31N. The van der Waals surface area contributed by atoms with Gasteiger partial charge in [0.2, 0.25) is 0 Å². The monoisotopic (exact) mass is 333 g/mol. The van der Waals surface area contributed by atoms with E-state index in [2.05, 4.69) is 73.4 Å². The Morgan fingerprint density at radius 1 is 0.880 bits per heavy atom. The van der Waals surface area contributed by atoms with E-state index in [0.717, 1.165) is 0 Å². The minimum absolute atomic E-state index is 1.18. The number of nitrogens with zero attached hydrogens (tertiary/aromatic N) is 1. The lowest BCUT2D eigenvalue weighted by Crippen LogP contribution is -2.30. The van der Waals surface area contributed by atoms with Gasteiger partial charge in [-0.05, 0) is 87.0 Å². The zero-order chi connectivity index (χ0) is 17.5. The normalized spacial score (nSPS) is 15.8. The molecule has 0 amide bonds. The predicted octanol–water partition coefficient (Wildman–Crippen LogP) is 5.89. The molecule has 1 fully saturated rings. The van der Waals surface area contributed by atoms with Gasteiger partial charge < -0.3 is 4.90 Å². The fraction of sp³-hybridized carbons (Fsp3) is 0.417. The SMILES string of the molecule is Cc1cccc(C)c1C=Cc1cccc(CCCN2CCCCC2)c1. The van der Waals surface area contributed by atoms with Gasteiger partial charge in [0.1, 0.15) is 0 Å². The molecule has 1 aliphatic rings. The van der Waals surface area contributed by atoms with Crippen LogP contribution in [0.3, 0.4) is 0 Å². The third kappa shape index (κ3) is 5.31. The maximum Gasteiger partial charge on any atom is -0.00156 e.